The first-order valence-corrected chi connectivity index (χ1v) is 27.0. The van der Waals surface area contributed by atoms with Crippen LogP contribution in [0.4, 0.5) is 34.1 Å². The molecule has 12 rings (SSSR count). The molecule has 374 valence electrons. The molecule has 0 fully saturated rings. The number of hydrogen-bond donors (Lipinski definition) is 0. The highest BCUT2D eigenvalue weighted by Gasteiger charge is 2.23. The minimum absolute atomic E-state index is 1.09. The van der Waals surface area contributed by atoms with Crippen molar-refractivity contribution in [1.82, 2.24) is 0 Å². The van der Waals surface area contributed by atoms with Gasteiger partial charge in [0.15, 0.2) is 0 Å². The predicted octanol–water partition coefficient (Wildman–Crippen LogP) is 21.5. The molecular formula is C76H60N2. The van der Waals surface area contributed by atoms with Crippen LogP contribution >= 0.6 is 0 Å². The zero-order chi connectivity index (χ0) is 53.0. The summed E-state index contributed by atoms with van der Waals surface area (Å²) in [5.74, 6) is 0. The fourth-order valence-corrected chi connectivity index (χ4v) is 11.5. The van der Waals surface area contributed by atoms with E-state index in [0.717, 1.165) is 34.1 Å². The molecule has 0 bridgehead atoms. The molecule has 0 N–H and O–H groups in total. The Balaban J connectivity index is 0.939. The Hall–Kier alpha value is -9.76. The molecule has 0 aromatic heterocycles. The maximum absolute atomic E-state index is 2.44. The zero-order valence-electron chi connectivity index (χ0n) is 44.6. The van der Waals surface area contributed by atoms with Crippen LogP contribution in [0.5, 0.6) is 0 Å². The Morgan fingerprint density at radius 2 is 0.449 bits per heavy atom. The number of hydrogen-bond acceptors (Lipinski definition) is 2. The Labute approximate surface area is 460 Å². The molecule has 0 aliphatic carbocycles. The van der Waals surface area contributed by atoms with Crippen molar-refractivity contribution in [1.29, 1.82) is 0 Å². The topological polar surface area (TPSA) is 6.48 Å². The van der Waals surface area contributed by atoms with Gasteiger partial charge in [0.2, 0.25) is 0 Å². The molecule has 0 saturated carbocycles. The number of benzene rings is 12. The summed E-state index contributed by atoms with van der Waals surface area (Å²) in [6.45, 7) is 9.12. The van der Waals surface area contributed by atoms with E-state index in [1.807, 2.05) is 0 Å². The second-order valence-electron chi connectivity index (χ2n) is 20.3. The first kappa shape index (κ1) is 49.1. The van der Waals surface area contributed by atoms with Gasteiger partial charge in [0.1, 0.15) is 0 Å². The molecule has 0 unspecified atom stereocenters. The van der Waals surface area contributed by atoms with Crippen LogP contribution in [0, 0.1) is 27.7 Å². The molecule has 12 aromatic rings. The second-order valence-corrected chi connectivity index (χ2v) is 20.3. The van der Waals surface area contributed by atoms with Crippen LogP contribution < -0.4 is 9.80 Å². The van der Waals surface area contributed by atoms with Gasteiger partial charge in [-0.05, 0) is 190 Å². The molecule has 0 aliphatic rings. The lowest BCUT2D eigenvalue weighted by molar-refractivity contribution is 1.23. The second kappa shape index (κ2) is 21.8. The van der Waals surface area contributed by atoms with Crippen LogP contribution in [0.3, 0.4) is 0 Å². The first-order chi connectivity index (χ1) is 38.3. The van der Waals surface area contributed by atoms with Gasteiger partial charge in [0.05, 0.1) is 11.4 Å². The monoisotopic (exact) mass is 1000 g/mol. The van der Waals surface area contributed by atoms with Crippen molar-refractivity contribution in [3.63, 3.8) is 0 Å². The van der Waals surface area contributed by atoms with Crippen LogP contribution in [0.25, 0.3) is 77.9 Å². The van der Waals surface area contributed by atoms with Crippen LogP contribution in [0.1, 0.15) is 22.3 Å². The van der Waals surface area contributed by atoms with Gasteiger partial charge in [0.25, 0.3) is 0 Å². The quantitative estimate of drug-likeness (QED) is 0.114. The molecule has 0 saturated heterocycles. The minimum atomic E-state index is 1.09. The molecule has 2 nitrogen and oxygen atoms in total. The van der Waals surface area contributed by atoms with Crippen molar-refractivity contribution >= 4 is 34.1 Å². The van der Waals surface area contributed by atoms with E-state index < -0.39 is 0 Å². The molecule has 0 radical (unpaired) electrons. The van der Waals surface area contributed by atoms with E-state index in [9.17, 15) is 0 Å². The number of anilines is 6. The third-order valence-electron chi connectivity index (χ3n) is 15.1. The van der Waals surface area contributed by atoms with Gasteiger partial charge in [-0.15, -0.1) is 0 Å². The molecule has 2 heteroatoms. The number of nitrogens with zero attached hydrogens (tertiary/aromatic N) is 2. The lowest BCUT2D eigenvalue weighted by Gasteiger charge is -2.31. The maximum Gasteiger partial charge on any atom is 0.0540 e. The van der Waals surface area contributed by atoms with Gasteiger partial charge < -0.3 is 9.80 Å². The fourth-order valence-electron chi connectivity index (χ4n) is 11.5. The summed E-state index contributed by atoms with van der Waals surface area (Å²) < 4.78 is 0. The smallest absolute Gasteiger partial charge is 0.0540 e. The van der Waals surface area contributed by atoms with E-state index in [-0.39, 0.29) is 0 Å². The van der Waals surface area contributed by atoms with Gasteiger partial charge in [-0.1, -0.05) is 218 Å². The van der Waals surface area contributed by atoms with E-state index in [4.69, 9.17) is 0 Å². The summed E-state index contributed by atoms with van der Waals surface area (Å²) in [5, 5.41) is 0. The third-order valence-corrected chi connectivity index (χ3v) is 15.1. The molecule has 0 atom stereocenters. The summed E-state index contributed by atoms with van der Waals surface area (Å²) in [6, 6.07) is 106. The average Bonchev–Trinajstić information content (AvgIpc) is 3.60. The lowest BCUT2D eigenvalue weighted by atomic mass is 9.88. The van der Waals surface area contributed by atoms with Crippen LogP contribution in [-0.2, 0) is 0 Å². The highest BCUT2D eigenvalue weighted by molar-refractivity contribution is 5.93. The third kappa shape index (κ3) is 9.96. The zero-order valence-corrected chi connectivity index (χ0v) is 44.6. The van der Waals surface area contributed by atoms with Crippen LogP contribution in [0.2, 0.25) is 0 Å². The molecule has 12 aromatic carbocycles. The summed E-state index contributed by atoms with van der Waals surface area (Å²) in [7, 11) is 0. The van der Waals surface area contributed by atoms with Gasteiger partial charge in [-0.2, -0.15) is 0 Å². The summed E-state index contributed by atoms with van der Waals surface area (Å²) in [6.07, 6.45) is 0. The van der Waals surface area contributed by atoms with E-state index in [1.54, 1.807) is 0 Å². The van der Waals surface area contributed by atoms with E-state index in [0.29, 0.717) is 0 Å². The van der Waals surface area contributed by atoms with Crippen molar-refractivity contribution in [2.75, 3.05) is 9.80 Å². The van der Waals surface area contributed by atoms with E-state index in [1.165, 1.54) is 100 Å². The van der Waals surface area contributed by atoms with Crippen LogP contribution in [-0.4, -0.2) is 0 Å². The van der Waals surface area contributed by atoms with Gasteiger partial charge in [-0.25, -0.2) is 0 Å². The van der Waals surface area contributed by atoms with Gasteiger partial charge in [0, 0.05) is 33.9 Å². The maximum atomic E-state index is 2.44. The summed E-state index contributed by atoms with van der Waals surface area (Å²) in [4.78, 5) is 4.87. The minimum Gasteiger partial charge on any atom is -0.310 e. The van der Waals surface area contributed by atoms with Crippen molar-refractivity contribution in [3.05, 3.63) is 313 Å². The van der Waals surface area contributed by atoms with Gasteiger partial charge in [-0.3, -0.25) is 0 Å². The van der Waals surface area contributed by atoms with Crippen molar-refractivity contribution < 1.29 is 0 Å². The molecule has 0 amide bonds. The molecule has 0 spiro atoms. The van der Waals surface area contributed by atoms with Crippen molar-refractivity contribution in [3.8, 4) is 77.9 Å². The van der Waals surface area contributed by atoms with Gasteiger partial charge >= 0.3 is 0 Å². The normalized spacial score (nSPS) is 11.1. The Morgan fingerprint density at radius 3 is 0.769 bits per heavy atom. The highest BCUT2D eigenvalue weighted by Crippen LogP contribution is 2.47. The number of aryl methyl sites for hydroxylation is 4. The van der Waals surface area contributed by atoms with Crippen molar-refractivity contribution in [2.24, 2.45) is 0 Å². The van der Waals surface area contributed by atoms with E-state index in [2.05, 4.69) is 329 Å². The molecule has 0 aliphatic heterocycles. The highest BCUT2D eigenvalue weighted by atomic mass is 15.2. The largest absolute Gasteiger partial charge is 0.310 e. The molecule has 0 heterocycles. The Morgan fingerprint density at radius 1 is 0.192 bits per heavy atom. The number of para-hydroxylation sites is 2. The molecule has 78 heavy (non-hydrogen) atoms. The SMILES string of the molecule is Cc1cc(N(c2ccc(-c3cccc(-c4ccccc4)c3)cc2)c2ccccc2-c2ccccc2)cc(C)c1-c1c(C)cc(N(c2ccc(-c3cccc(-c4ccccc4)c3)cc2)c2ccccc2-c2ccccc2)cc1C. The number of rotatable bonds is 13. The first-order valence-electron chi connectivity index (χ1n) is 27.0. The predicted molar refractivity (Wildman–Crippen MR) is 333 cm³/mol. The standard InChI is InChI=1S/C76H60N2/c1-53-47-69(77(73-37-19-17-35-71(73)61-27-13-7-14-28-61)67-43-39-59(40-44-67)65-33-21-31-63(51-65)57-23-9-5-10-24-57)48-54(2)75(53)76-55(3)49-70(50-56(76)4)78(74-38-20-18-36-72(74)62-29-15-8-16-30-62)68-45-41-60(42-46-68)66-34-22-32-64(52-66)58-25-11-6-12-26-58/h5-52H,1-4H3. The summed E-state index contributed by atoms with van der Waals surface area (Å²) >= 11 is 0. The van der Waals surface area contributed by atoms with Crippen LogP contribution in [0.15, 0.2) is 291 Å². The van der Waals surface area contributed by atoms with Crippen molar-refractivity contribution in [2.45, 2.75) is 27.7 Å². The fraction of sp³-hybridized carbons (Fsp3) is 0.0526. The molecular weight excluding hydrogens is 941 g/mol. The van der Waals surface area contributed by atoms with E-state index >= 15 is 0 Å². The lowest BCUT2D eigenvalue weighted by Crippen LogP contribution is -2.13. The summed E-state index contributed by atoms with van der Waals surface area (Å²) in [5.41, 5.74) is 28.3. The Kier molecular flexibility index (Phi) is 13.8. The average molecular weight is 1000 g/mol. The Bertz CT molecular complexity index is 3720.